The van der Waals surface area contributed by atoms with Crippen LogP contribution in [0.25, 0.3) is 0 Å². The highest BCUT2D eigenvalue weighted by molar-refractivity contribution is 7.12. The quantitative estimate of drug-likeness (QED) is 0.943. The molecular weight excluding hydrogens is 300 g/mol. The predicted molar refractivity (Wildman–Crippen MR) is 85.4 cm³/mol. The molecule has 5 nitrogen and oxygen atoms in total. The number of cyclic esters (lactones) is 1. The fraction of sp³-hybridized carbons (Fsp3) is 0.250. The zero-order chi connectivity index (χ0) is 15.5. The van der Waals surface area contributed by atoms with Gasteiger partial charge in [-0.05, 0) is 36.1 Å². The standard InChI is InChI=1S/C16H16N2O3S/c1-11-4-2-5-12(8-11)18-10-13(21-16(18)20)9-17-15(19)14-6-3-7-22-14/h2-8,13H,9-10H2,1H3,(H,17,19). The SMILES string of the molecule is Cc1cccc(N2CC(CNC(=O)c3cccs3)OC2=O)c1. The predicted octanol–water partition coefficient (Wildman–Crippen LogP) is 2.81. The Hall–Kier alpha value is -2.34. The highest BCUT2D eigenvalue weighted by atomic mass is 32.1. The summed E-state index contributed by atoms with van der Waals surface area (Å²) in [5.74, 6) is -0.139. The van der Waals surface area contributed by atoms with Crippen molar-refractivity contribution in [3.8, 4) is 0 Å². The van der Waals surface area contributed by atoms with Gasteiger partial charge in [0, 0.05) is 5.69 Å². The van der Waals surface area contributed by atoms with Crippen LogP contribution in [0.5, 0.6) is 0 Å². The van der Waals surface area contributed by atoms with E-state index in [1.54, 1.807) is 11.0 Å². The lowest BCUT2D eigenvalue weighted by Gasteiger charge is -2.13. The van der Waals surface area contributed by atoms with Crippen molar-refractivity contribution >= 4 is 29.0 Å². The number of benzene rings is 1. The average Bonchev–Trinajstić information content (AvgIpc) is 3.14. The van der Waals surface area contributed by atoms with E-state index in [4.69, 9.17) is 4.74 Å². The third-order valence-electron chi connectivity index (χ3n) is 3.42. The van der Waals surface area contributed by atoms with Crippen LogP contribution in [0.2, 0.25) is 0 Å². The molecule has 114 valence electrons. The number of ether oxygens (including phenoxy) is 1. The second-order valence-electron chi connectivity index (χ2n) is 5.14. The highest BCUT2D eigenvalue weighted by Gasteiger charge is 2.32. The second kappa shape index (κ2) is 6.19. The van der Waals surface area contributed by atoms with Crippen LogP contribution >= 0.6 is 11.3 Å². The number of aryl methyl sites for hydroxylation is 1. The second-order valence-corrected chi connectivity index (χ2v) is 6.09. The third-order valence-corrected chi connectivity index (χ3v) is 4.29. The Bertz CT molecular complexity index is 684. The molecule has 1 atom stereocenters. The van der Waals surface area contributed by atoms with E-state index in [1.165, 1.54) is 11.3 Å². The molecular formula is C16H16N2O3S. The van der Waals surface area contributed by atoms with E-state index in [9.17, 15) is 9.59 Å². The number of nitrogens with zero attached hydrogens (tertiary/aromatic N) is 1. The van der Waals surface area contributed by atoms with Gasteiger partial charge >= 0.3 is 6.09 Å². The number of anilines is 1. The van der Waals surface area contributed by atoms with E-state index < -0.39 is 0 Å². The minimum atomic E-state index is -0.374. The molecule has 1 aliphatic rings. The van der Waals surface area contributed by atoms with Gasteiger partial charge in [0.05, 0.1) is 18.0 Å². The molecule has 1 fully saturated rings. The highest BCUT2D eigenvalue weighted by Crippen LogP contribution is 2.22. The van der Waals surface area contributed by atoms with Crippen LogP contribution in [0.4, 0.5) is 10.5 Å². The summed E-state index contributed by atoms with van der Waals surface area (Å²) in [6.45, 7) is 2.72. The summed E-state index contributed by atoms with van der Waals surface area (Å²) in [4.78, 5) is 26.1. The normalized spacial score (nSPS) is 17.4. The summed E-state index contributed by atoms with van der Waals surface area (Å²) in [5.41, 5.74) is 1.90. The first-order valence-electron chi connectivity index (χ1n) is 7.00. The first kappa shape index (κ1) is 14.6. The van der Waals surface area contributed by atoms with Crippen molar-refractivity contribution in [2.75, 3.05) is 18.0 Å². The maximum Gasteiger partial charge on any atom is 0.414 e. The molecule has 0 radical (unpaired) electrons. The summed E-state index contributed by atoms with van der Waals surface area (Å²) < 4.78 is 5.31. The van der Waals surface area contributed by atoms with Crippen molar-refractivity contribution in [3.63, 3.8) is 0 Å². The summed E-state index contributed by atoms with van der Waals surface area (Å²) in [7, 11) is 0. The van der Waals surface area contributed by atoms with E-state index in [1.807, 2.05) is 42.6 Å². The Balaban J connectivity index is 1.59. The van der Waals surface area contributed by atoms with Gasteiger partial charge in [0.1, 0.15) is 6.10 Å². The minimum Gasteiger partial charge on any atom is -0.442 e. The van der Waals surface area contributed by atoms with Gasteiger partial charge in [-0.25, -0.2) is 4.79 Å². The summed E-state index contributed by atoms with van der Waals surface area (Å²) in [5, 5.41) is 4.65. The fourth-order valence-corrected chi connectivity index (χ4v) is 2.98. The van der Waals surface area contributed by atoms with Gasteiger partial charge in [-0.2, -0.15) is 0 Å². The molecule has 22 heavy (non-hydrogen) atoms. The zero-order valence-electron chi connectivity index (χ0n) is 12.1. The van der Waals surface area contributed by atoms with Crippen molar-refractivity contribution in [3.05, 3.63) is 52.2 Å². The number of hydrogen-bond donors (Lipinski definition) is 1. The van der Waals surface area contributed by atoms with Crippen molar-refractivity contribution < 1.29 is 14.3 Å². The lowest BCUT2D eigenvalue weighted by atomic mass is 10.2. The lowest BCUT2D eigenvalue weighted by Crippen LogP contribution is -2.34. The molecule has 1 aromatic carbocycles. The molecule has 6 heteroatoms. The summed E-state index contributed by atoms with van der Waals surface area (Å²) in [6, 6.07) is 11.3. The molecule has 0 spiro atoms. The van der Waals surface area contributed by atoms with Crippen LogP contribution in [0, 0.1) is 6.92 Å². The van der Waals surface area contributed by atoms with Crippen LogP contribution in [0.15, 0.2) is 41.8 Å². The van der Waals surface area contributed by atoms with Gasteiger partial charge in [0.25, 0.3) is 5.91 Å². The summed E-state index contributed by atoms with van der Waals surface area (Å²) >= 11 is 1.38. The largest absolute Gasteiger partial charge is 0.442 e. The van der Waals surface area contributed by atoms with Gasteiger partial charge < -0.3 is 10.1 Å². The maximum atomic E-state index is 12.0. The molecule has 0 saturated carbocycles. The molecule has 1 saturated heterocycles. The van der Waals surface area contributed by atoms with Crippen LogP contribution < -0.4 is 10.2 Å². The Morgan fingerprint density at radius 3 is 3.00 bits per heavy atom. The molecule has 2 aromatic rings. The fourth-order valence-electron chi connectivity index (χ4n) is 2.34. The van der Waals surface area contributed by atoms with Crippen molar-refractivity contribution in [2.45, 2.75) is 13.0 Å². The van der Waals surface area contributed by atoms with Crippen molar-refractivity contribution in [1.82, 2.24) is 5.32 Å². The Morgan fingerprint density at radius 1 is 1.41 bits per heavy atom. The van der Waals surface area contributed by atoms with E-state index in [0.717, 1.165) is 11.3 Å². The smallest absolute Gasteiger partial charge is 0.414 e. The topological polar surface area (TPSA) is 58.6 Å². The molecule has 1 aromatic heterocycles. The number of carbonyl (C=O) groups excluding carboxylic acids is 2. The maximum absolute atomic E-state index is 12.0. The number of thiophene rings is 1. The monoisotopic (exact) mass is 316 g/mol. The lowest BCUT2D eigenvalue weighted by molar-refractivity contribution is 0.0920. The molecule has 0 aliphatic carbocycles. The van der Waals surface area contributed by atoms with E-state index in [0.29, 0.717) is 18.0 Å². The first-order valence-corrected chi connectivity index (χ1v) is 7.88. The molecule has 1 aliphatic heterocycles. The van der Waals surface area contributed by atoms with Gasteiger partial charge in [-0.1, -0.05) is 18.2 Å². The molecule has 3 rings (SSSR count). The van der Waals surface area contributed by atoms with E-state index in [-0.39, 0.29) is 18.1 Å². The molecule has 2 heterocycles. The van der Waals surface area contributed by atoms with Crippen LogP contribution in [-0.2, 0) is 4.74 Å². The third kappa shape index (κ3) is 3.12. The first-order chi connectivity index (χ1) is 10.6. The Kier molecular flexibility index (Phi) is 4.11. The minimum absolute atomic E-state index is 0.139. The zero-order valence-corrected chi connectivity index (χ0v) is 12.9. The van der Waals surface area contributed by atoms with E-state index in [2.05, 4.69) is 5.32 Å². The number of rotatable bonds is 4. The van der Waals surface area contributed by atoms with Crippen LogP contribution in [-0.4, -0.2) is 31.2 Å². The molecule has 1 N–H and O–H groups in total. The van der Waals surface area contributed by atoms with Gasteiger partial charge in [-0.15, -0.1) is 11.3 Å². The van der Waals surface area contributed by atoms with Crippen LogP contribution in [0.1, 0.15) is 15.2 Å². The molecule has 2 amide bonds. The van der Waals surface area contributed by atoms with Gasteiger partial charge in [-0.3, -0.25) is 9.69 Å². The average molecular weight is 316 g/mol. The van der Waals surface area contributed by atoms with E-state index >= 15 is 0 Å². The number of amides is 2. The Labute approximate surface area is 132 Å². The van der Waals surface area contributed by atoms with Crippen LogP contribution in [0.3, 0.4) is 0 Å². The summed E-state index contributed by atoms with van der Waals surface area (Å²) in [6.07, 6.45) is -0.710. The number of hydrogen-bond acceptors (Lipinski definition) is 4. The number of carbonyl (C=O) groups is 2. The van der Waals surface area contributed by atoms with Crippen molar-refractivity contribution in [1.29, 1.82) is 0 Å². The number of nitrogens with one attached hydrogen (secondary N) is 1. The Morgan fingerprint density at radius 2 is 2.27 bits per heavy atom. The van der Waals surface area contributed by atoms with Gasteiger partial charge in [0.2, 0.25) is 0 Å². The van der Waals surface area contributed by atoms with Crippen molar-refractivity contribution in [2.24, 2.45) is 0 Å². The molecule has 1 unspecified atom stereocenters. The molecule has 0 bridgehead atoms. The van der Waals surface area contributed by atoms with Gasteiger partial charge in [0.15, 0.2) is 0 Å².